The highest BCUT2D eigenvalue weighted by atomic mass is 19.1. The molecule has 0 saturated carbocycles. The first-order valence-corrected chi connectivity index (χ1v) is 6.90. The van der Waals surface area contributed by atoms with E-state index in [1.807, 2.05) is 29.8 Å². The van der Waals surface area contributed by atoms with Crippen LogP contribution in [0.1, 0.15) is 11.1 Å². The van der Waals surface area contributed by atoms with Crippen molar-refractivity contribution in [1.29, 1.82) is 0 Å². The summed E-state index contributed by atoms with van der Waals surface area (Å²) in [6.07, 6.45) is 7.17. The van der Waals surface area contributed by atoms with Crippen molar-refractivity contribution in [2.75, 3.05) is 0 Å². The molecule has 0 aliphatic carbocycles. The molecule has 118 valence electrons. The Morgan fingerprint density at radius 1 is 1.22 bits per heavy atom. The van der Waals surface area contributed by atoms with Crippen molar-refractivity contribution in [2.45, 2.75) is 13.5 Å². The van der Waals surface area contributed by atoms with Gasteiger partial charge in [0.25, 0.3) is 6.47 Å². The molecule has 1 aromatic carbocycles. The third-order valence-corrected chi connectivity index (χ3v) is 3.26. The Morgan fingerprint density at radius 3 is 2.61 bits per heavy atom. The number of pyridine rings is 1. The number of hydrogen-bond donors (Lipinski definition) is 1. The molecule has 0 aliphatic rings. The van der Waals surface area contributed by atoms with Gasteiger partial charge < -0.3 is 9.67 Å². The zero-order valence-corrected chi connectivity index (χ0v) is 12.6. The molecule has 3 rings (SSSR count). The first kappa shape index (κ1) is 16.4. The maximum absolute atomic E-state index is 13.5. The SMILES string of the molecule is Cc1ccc(F)cc1-c1nccn1Cc1ccncc1.O=CO. The van der Waals surface area contributed by atoms with Crippen LogP contribution in [0.5, 0.6) is 0 Å². The summed E-state index contributed by atoms with van der Waals surface area (Å²) in [6, 6.07) is 8.69. The van der Waals surface area contributed by atoms with Crippen LogP contribution in [0.25, 0.3) is 11.4 Å². The van der Waals surface area contributed by atoms with E-state index in [2.05, 4.69) is 9.97 Å². The zero-order valence-electron chi connectivity index (χ0n) is 12.6. The van der Waals surface area contributed by atoms with E-state index in [1.165, 1.54) is 12.1 Å². The lowest BCUT2D eigenvalue weighted by atomic mass is 10.1. The van der Waals surface area contributed by atoms with Crippen molar-refractivity contribution in [3.8, 4) is 11.4 Å². The summed E-state index contributed by atoms with van der Waals surface area (Å²) < 4.78 is 15.5. The summed E-state index contributed by atoms with van der Waals surface area (Å²) in [5.74, 6) is 0.530. The van der Waals surface area contributed by atoms with Crippen LogP contribution in [0.2, 0.25) is 0 Å². The second-order valence-corrected chi connectivity index (χ2v) is 4.80. The number of aryl methyl sites for hydroxylation is 1. The number of nitrogens with zero attached hydrogens (tertiary/aromatic N) is 3. The number of carbonyl (C=O) groups is 1. The molecule has 0 spiro atoms. The monoisotopic (exact) mass is 313 g/mol. The molecule has 6 heteroatoms. The van der Waals surface area contributed by atoms with Crippen molar-refractivity contribution in [3.63, 3.8) is 0 Å². The van der Waals surface area contributed by atoms with E-state index in [9.17, 15) is 4.39 Å². The molecular weight excluding hydrogens is 297 g/mol. The normalized spacial score (nSPS) is 9.83. The van der Waals surface area contributed by atoms with Gasteiger partial charge in [-0.3, -0.25) is 9.78 Å². The van der Waals surface area contributed by atoms with Gasteiger partial charge in [-0.15, -0.1) is 0 Å². The highest BCUT2D eigenvalue weighted by Crippen LogP contribution is 2.23. The third kappa shape index (κ3) is 4.23. The fourth-order valence-corrected chi connectivity index (χ4v) is 2.20. The molecule has 0 amide bonds. The summed E-state index contributed by atoms with van der Waals surface area (Å²) in [7, 11) is 0. The number of aromatic nitrogens is 3. The Kier molecular flexibility index (Phi) is 5.57. The summed E-state index contributed by atoms with van der Waals surface area (Å²) >= 11 is 0. The molecule has 3 aromatic rings. The van der Waals surface area contributed by atoms with E-state index >= 15 is 0 Å². The lowest BCUT2D eigenvalue weighted by Crippen LogP contribution is -2.02. The Labute approximate surface area is 133 Å². The van der Waals surface area contributed by atoms with Crippen molar-refractivity contribution < 1.29 is 14.3 Å². The predicted octanol–water partition coefficient (Wildman–Crippen LogP) is 3.14. The van der Waals surface area contributed by atoms with Crippen LogP contribution in [-0.4, -0.2) is 26.1 Å². The molecule has 0 bridgehead atoms. The molecule has 5 nitrogen and oxygen atoms in total. The average molecular weight is 313 g/mol. The molecule has 0 unspecified atom stereocenters. The second-order valence-electron chi connectivity index (χ2n) is 4.80. The van der Waals surface area contributed by atoms with Crippen LogP contribution >= 0.6 is 0 Å². The number of hydrogen-bond acceptors (Lipinski definition) is 3. The third-order valence-electron chi connectivity index (χ3n) is 3.26. The van der Waals surface area contributed by atoms with Crippen LogP contribution in [0.15, 0.2) is 55.1 Å². The van der Waals surface area contributed by atoms with Gasteiger partial charge in [0.2, 0.25) is 0 Å². The number of halogens is 1. The quantitative estimate of drug-likeness (QED) is 0.754. The lowest BCUT2D eigenvalue weighted by Gasteiger charge is -2.10. The number of rotatable bonds is 3. The van der Waals surface area contributed by atoms with Gasteiger partial charge in [0.15, 0.2) is 0 Å². The van der Waals surface area contributed by atoms with Gasteiger partial charge in [-0.25, -0.2) is 9.37 Å². The Bertz CT molecular complexity index is 773. The van der Waals surface area contributed by atoms with Gasteiger partial charge in [0, 0.05) is 36.9 Å². The van der Waals surface area contributed by atoms with E-state index in [0.717, 1.165) is 22.5 Å². The summed E-state index contributed by atoms with van der Waals surface area (Å²) in [4.78, 5) is 16.7. The van der Waals surface area contributed by atoms with Crippen LogP contribution < -0.4 is 0 Å². The largest absolute Gasteiger partial charge is 0.483 e. The predicted molar refractivity (Wildman–Crippen MR) is 84.4 cm³/mol. The summed E-state index contributed by atoms with van der Waals surface area (Å²) in [5, 5.41) is 6.89. The standard InChI is InChI=1S/C16H14FN3.CH2O2/c1-12-2-3-14(17)10-15(12)16-19-8-9-20(16)11-13-4-6-18-7-5-13;2-1-3/h2-10H,11H2,1H3;1H,(H,2,3). The maximum Gasteiger partial charge on any atom is 0.290 e. The van der Waals surface area contributed by atoms with Crippen molar-refractivity contribution in [1.82, 2.24) is 14.5 Å². The first-order valence-electron chi connectivity index (χ1n) is 6.90. The van der Waals surface area contributed by atoms with Gasteiger partial charge in [0.05, 0.1) is 0 Å². The lowest BCUT2D eigenvalue weighted by molar-refractivity contribution is -0.122. The second kappa shape index (κ2) is 7.84. The van der Waals surface area contributed by atoms with Crippen LogP contribution in [0.4, 0.5) is 4.39 Å². The van der Waals surface area contributed by atoms with E-state index in [4.69, 9.17) is 9.90 Å². The topological polar surface area (TPSA) is 68.0 Å². The van der Waals surface area contributed by atoms with Gasteiger partial charge in [0.1, 0.15) is 11.6 Å². The Morgan fingerprint density at radius 2 is 1.91 bits per heavy atom. The van der Waals surface area contributed by atoms with Crippen molar-refractivity contribution >= 4 is 6.47 Å². The minimum atomic E-state index is -0.250. The molecule has 23 heavy (non-hydrogen) atoms. The molecule has 0 aliphatic heterocycles. The molecule has 0 fully saturated rings. The van der Waals surface area contributed by atoms with Crippen molar-refractivity contribution in [2.24, 2.45) is 0 Å². The van der Waals surface area contributed by atoms with Gasteiger partial charge >= 0.3 is 0 Å². The van der Waals surface area contributed by atoms with Crippen LogP contribution in [0.3, 0.4) is 0 Å². The smallest absolute Gasteiger partial charge is 0.290 e. The highest BCUT2D eigenvalue weighted by Gasteiger charge is 2.10. The van der Waals surface area contributed by atoms with Gasteiger partial charge in [-0.05, 0) is 42.3 Å². The molecule has 0 saturated heterocycles. The molecule has 2 aromatic heterocycles. The Balaban J connectivity index is 0.000000595. The number of imidazole rings is 1. The van der Waals surface area contributed by atoms with Gasteiger partial charge in [-0.1, -0.05) is 6.07 Å². The molecular formula is C17H16FN3O2. The Hall–Kier alpha value is -3.02. The van der Waals surface area contributed by atoms with Crippen molar-refractivity contribution in [3.05, 3.63) is 72.1 Å². The maximum atomic E-state index is 13.5. The fourth-order valence-electron chi connectivity index (χ4n) is 2.20. The summed E-state index contributed by atoms with van der Waals surface area (Å²) in [5.41, 5.74) is 2.96. The minimum absolute atomic E-state index is 0.246. The average Bonchev–Trinajstić information content (AvgIpc) is 2.99. The van der Waals surface area contributed by atoms with E-state index < -0.39 is 0 Å². The number of carboxylic acid groups (broad SMARTS) is 1. The van der Waals surface area contributed by atoms with E-state index in [1.54, 1.807) is 24.7 Å². The summed E-state index contributed by atoms with van der Waals surface area (Å²) in [6.45, 7) is 2.40. The molecule has 0 radical (unpaired) electrons. The minimum Gasteiger partial charge on any atom is -0.483 e. The molecule has 0 atom stereocenters. The first-order chi connectivity index (χ1) is 11.2. The van der Waals surface area contributed by atoms with E-state index in [-0.39, 0.29) is 12.3 Å². The van der Waals surface area contributed by atoms with Gasteiger partial charge in [-0.2, -0.15) is 0 Å². The van der Waals surface area contributed by atoms with Crippen LogP contribution in [-0.2, 0) is 11.3 Å². The van der Waals surface area contributed by atoms with E-state index in [0.29, 0.717) is 6.54 Å². The van der Waals surface area contributed by atoms with Crippen LogP contribution in [0, 0.1) is 12.7 Å². The highest BCUT2D eigenvalue weighted by molar-refractivity contribution is 5.60. The molecule has 1 N–H and O–H groups in total. The number of benzene rings is 1. The molecule has 2 heterocycles. The fraction of sp³-hybridized carbons (Fsp3) is 0.118. The zero-order chi connectivity index (χ0) is 16.7.